The van der Waals surface area contributed by atoms with E-state index in [1.807, 2.05) is 20.8 Å². The van der Waals surface area contributed by atoms with Crippen molar-refractivity contribution in [2.75, 3.05) is 13.1 Å². The highest BCUT2D eigenvalue weighted by Crippen LogP contribution is 2.24. The number of alkyl carbamates (subject to hydrolysis) is 1. The van der Waals surface area contributed by atoms with E-state index in [9.17, 15) is 4.79 Å². The molecule has 0 aromatic carbocycles. The van der Waals surface area contributed by atoms with Crippen LogP contribution in [0.1, 0.15) is 46.5 Å². The van der Waals surface area contributed by atoms with Crippen LogP contribution < -0.4 is 10.6 Å². The molecule has 2 atom stereocenters. The van der Waals surface area contributed by atoms with Gasteiger partial charge in [0.15, 0.2) is 0 Å². The first-order valence-electron chi connectivity index (χ1n) is 7.31. The van der Waals surface area contributed by atoms with Crippen molar-refractivity contribution in [2.24, 2.45) is 5.92 Å². The molecule has 5 heteroatoms. The summed E-state index contributed by atoms with van der Waals surface area (Å²) >= 11 is 3.37. The monoisotopic (exact) mass is 346 g/mol. The number of hydrogen-bond acceptors (Lipinski definition) is 3. The van der Waals surface area contributed by atoms with E-state index in [1.165, 1.54) is 12.8 Å². The van der Waals surface area contributed by atoms with Crippen LogP contribution in [0.15, 0.2) is 11.1 Å². The van der Waals surface area contributed by atoms with E-state index < -0.39 is 5.60 Å². The van der Waals surface area contributed by atoms with Gasteiger partial charge in [0.1, 0.15) is 5.60 Å². The SMILES string of the molecule is C=C(Br)CNC1CCCCC1CNC(=O)OC(C)(C)C. The van der Waals surface area contributed by atoms with Crippen LogP contribution in [0.3, 0.4) is 0 Å². The minimum absolute atomic E-state index is 0.327. The minimum Gasteiger partial charge on any atom is -0.444 e. The maximum absolute atomic E-state index is 11.7. The first kappa shape index (κ1) is 17.5. The zero-order valence-electron chi connectivity index (χ0n) is 12.8. The van der Waals surface area contributed by atoms with Crippen molar-refractivity contribution in [1.82, 2.24) is 10.6 Å². The molecule has 1 fully saturated rings. The molecule has 4 nitrogen and oxygen atoms in total. The lowest BCUT2D eigenvalue weighted by Crippen LogP contribution is -2.45. The lowest BCUT2D eigenvalue weighted by Gasteiger charge is -2.32. The van der Waals surface area contributed by atoms with Gasteiger partial charge in [-0.3, -0.25) is 0 Å². The van der Waals surface area contributed by atoms with E-state index in [4.69, 9.17) is 4.74 Å². The Morgan fingerprint density at radius 1 is 1.35 bits per heavy atom. The number of ether oxygens (including phenoxy) is 1. The Bertz CT molecular complexity index is 339. The average molecular weight is 347 g/mol. The Hall–Kier alpha value is -0.550. The van der Waals surface area contributed by atoms with E-state index in [-0.39, 0.29) is 6.09 Å². The van der Waals surface area contributed by atoms with E-state index in [1.54, 1.807) is 0 Å². The molecule has 20 heavy (non-hydrogen) atoms. The number of hydrogen-bond donors (Lipinski definition) is 2. The summed E-state index contributed by atoms with van der Waals surface area (Å²) in [4.78, 5) is 11.7. The van der Waals surface area contributed by atoms with Gasteiger partial charge in [0.2, 0.25) is 0 Å². The maximum Gasteiger partial charge on any atom is 0.407 e. The average Bonchev–Trinajstić information content (AvgIpc) is 2.32. The summed E-state index contributed by atoms with van der Waals surface area (Å²) in [5, 5.41) is 6.40. The molecule has 0 aromatic heterocycles. The van der Waals surface area contributed by atoms with Gasteiger partial charge in [-0.1, -0.05) is 35.4 Å². The van der Waals surface area contributed by atoms with Crippen molar-refractivity contribution in [3.05, 3.63) is 11.1 Å². The smallest absolute Gasteiger partial charge is 0.407 e. The zero-order valence-corrected chi connectivity index (χ0v) is 14.4. The van der Waals surface area contributed by atoms with Gasteiger partial charge in [0, 0.05) is 23.6 Å². The van der Waals surface area contributed by atoms with Gasteiger partial charge in [-0.25, -0.2) is 4.79 Å². The van der Waals surface area contributed by atoms with E-state index in [2.05, 4.69) is 33.1 Å². The van der Waals surface area contributed by atoms with Gasteiger partial charge >= 0.3 is 6.09 Å². The third kappa shape index (κ3) is 7.29. The summed E-state index contributed by atoms with van der Waals surface area (Å²) in [5.74, 6) is 0.461. The van der Waals surface area contributed by atoms with Crippen LogP contribution in [-0.4, -0.2) is 30.8 Å². The van der Waals surface area contributed by atoms with Gasteiger partial charge in [-0.2, -0.15) is 0 Å². The van der Waals surface area contributed by atoms with E-state index >= 15 is 0 Å². The summed E-state index contributed by atoms with van der Waals surface area (Å²) in [7, 11) is 0. The van der Waals surface area contributed by atoms with Crippen LogP contribution >= 0.6 is 15.9 Å². The van der Waals surface area contributed by atoms with Crippen molar-refractivity contribution >= 4 is 22.0 Å². The molecule has 1 amide bonds. The Labute approximate surface area is 130 Å². The minimum atomic E-state index is -0.442. The van der Waals surface area contributed by atoms with Gasteiger partial charge in [0.05, 0.1) is 0 Å². The van der Waals surface area contributed by atoms with Crippen LogP contribution in [-0.2, 0) is 4.74 Å². The first-order chi connectivity index (χ1) is 9.28. The van der Waals surface area contributed by atoms with Crippen LogP contribution in [0.25, 0.3) is 0 Å². The number of amides is 1. The van der Waals surface area contributed by atoms with Crippen LogP contribution in [0.5, 0.6) is 0 Å². The molecule has 0 saturated heterocycles. The second-order valence-corrected chi connectivity index (χ2v) is 7.55. The quantitative estimate of drug-likeness (QED) is 0.799. The fourth-order valence-electron chi connectivity index (χ4n) is 2.49. The predicted molar refractivity (Wildman–Crippen MR) is 86.1 cm³/mol. The second-order valence-electron chi connectivity index (χ2n) is 6.43. The van der Waals surface area contributed by atoms with Crippen molar-refractivity contribution < 1.29 is 9.53 Å². The summed E-state index contributed by atoms with van der Waals surface area (Å²) in [6.45, 7) is 10.9. The fraction of sp³-hybridized carbons (Fsp3) is 0.800. The van der Waals surface area contributed by atoms with Crippen LogP contribution in [0.4, 0.5) is 4.79 Å². The molecule has 1 saturated carbocycles. The van der Waals surface area contributed by atoms with Crippen molar-refractivity contribution in [3.63, 3.8) is 0 Å². The highest BCUT2D eigenvalue weighted by Gasteiger charge is 2.25. The van der Waals surface area contributed by atoms with Crippen LogP contribution in [0, 0.1) is 5.92 Å². The molecular formula is C15H27BrN2O2. The Morgan fingerprint density at radius 2 is 2.00 bits per heavy atom. The third-order valence-corrected chi connectivity index (χ3v) is 3.65. The normalized spacial score (nSPS) is 23.2. The standard InChI is InChI=1S/C15H27BrN2O2/c1-11(16)9-17-13-8-6-5-7-12(13)10-18-14(19)20-15(2,3)4/h12-13,17H,1,5-10H2,2-4H3,(H,18,19). The van der Waals surface area contributed by atoms with Crippen LogP contribution in [0.2, 0.25) is 0 Å². The molecular weight excluding hydrogens is 320 g/mol. The van der Waals surface area contributed by atoms with Crippen molar-refractivity contribution in [2.45, 2.75) is 58.1 Å². The molecule has 0 heterocycles. The maximum atomic E-state index is 11.7. The van der Waals surface area contributed by atoms with Gasteiger partial charge in [0.25, 0.3) is 0 Å². The summed E-state index contributed by atoms with van der Waals surface area (Å²) in [6.07, 6.45) is 4.44. The Morgan fingerprint density at radius 3 is 2.60 bits per heavy atom. The molecule has 2 N–H and O–H groups in total. The van der Waals surface area contributed by atoms with Crippen molar-refractivity contribution in [3.8, 4) is 0 Å². The molecule has 0 radical (unpaired) electrons. The molecule has 2 unspecified atom stereocenters. The molecule has 1 rings (SSSR count). The summed E-state index contributed by atoms with van der Waals surface area (Å²) in [6, 6.07) is 0.438. The lowest BCUT2D eigenvalue weighted by atomic mass is 9.84. The van der Waals surface area contributed by atoms with Gasteiger partial charge in [-0.15, -0.1) is 0 Å². The predicted octanol–water partition coefficient (Wildman–Crippen LogP) is 3.57. The third-order valence-electron chi connectivity index (χ3n) is 3.37. The molecule has 0 spiro atoms. The summed E-state index contributed by atoms with van der Waals surface area (Å²) in [5.41, 5.74) is -0.442. The summed E-state index contributed by atoms with van der Waals surface area (Å²) < 4.78 is 6.23. The Balaban J connectivity index is 2.38. The topological polar surface area (TPSA) is 50.4 Å². The lowest BCUT2D eigenvalue weighted by molar-refractivity contribution is 0.0511. The fourth-order valence-corrected chi connectivity index (χ4v) is 2.65. The molecule has 1 aliphatic carbocycles. The highest BCUT2D eigenvalue weighted by atomic mass is 79.9. The number of carbonyl (C=O) groups excluding carboxylic acids is 1. The highest BCUT2D eigenvalue weighted by molar-refractivity contribution is 9.11. The number of rotatable bonds is 5. The Kier molecular flexibility index (Phi) is 7.03. The van der Waals surface area contributed by atoms with E-state index in [0.717, 1.165) is 23.9 Å². The molecule has 116 valence electrons. The molecule has 0 bridgehead atoms. The zero-order chi connectivity index (χ0) is 15.2. The number of nitrogens with one attached hydrogen (secondary N) is 2. The van der Waals surface area contributed by atoms with E-state index in [0.29, 0.717) is 18.5 Å². The molecule has 0 aliphatic heterocycles. The van der Waals surface area contributed by atoms with Crippen molar-refractivity contribution in [1.29, 1.82) is 0 Å². The van der Waals surface area contributed by atoms with Gasteiger partial charge < -0.3 is 15.4 Å². The first-order valence-corrected chi connectivity index (χ1v) is 8.11. The van der Waals surface area contributed by atoms with Gasteiger partial charge in [-0.05, 0) is 39.5 Å². The molecule has 1 aliphatic rings. The largest absolute Gasteiger partial charge is 0.444 e. The number of halogens is 1. The molecule has 0 aromatic rings. The second kappa shape index (κ2) is 8.03. The number of carbonyl (C=O) groups is 1.